The van der Waals surface area contributed by atoms with Gasteiger partial charge in [-0.25, -0.2) is 0 Å². The molecule has 20 heavy (non-hydrogen) atoms. The van der Waals surface area contributed by atoms with Gasteiger partial charge in [0.05, 0.1) is 6.54 Å². The number of aryl methyl sites for hydroxylation is 1. The van der Waals surface area contributed by atoms with Gasteiger partial charge < -0.3 is 16.0 Å². The Hall–Kier alpha value is -1.88. The molecule has 0 saturated carbocycles. The Morgan fingerprint density at radius 2 is 1.85 bits per heavy atom. The number of anilines is 1. The number of para-hydroxylation sites is 1. The molecule has 0 saturated heterocycles. The summed E-state index contributed by atoms with van der Waals surface area (Å²) in [6.45, 7) is 5.93. The second kappa shape index (κ2) is 7.65. The number of hydrogen-bond donors (Lipinski definition) is 3. The van der Waals surface area contributed by atoms with E-state index >= 15 is 0 Å². The van der Waals surface area contributed by atoms with E-state index in [9.17, 15) is 9.59 Å². The molecule has 1 rings (SSSR count). The van der Waals surface area contributed by atoms with E-state index in [2.05, 4.69) is 16.0 Å². The van der Waals surface area contributed by atoms with Crippen LogP contribution in [0, 0.1) is 12.8 Å². The molecule has 0 bridgehead atoms. The summed E-state index contributed by atoms with van der Waals surface area (Å²) in [4.78, 5) is 23.9. The highest BCUT2D eigenvalue weighted by molar-refractivity contribution is 5.98. The van der Waals surface area contributed by atoms with Gasteiger partial charge in [-0.1, -0.05) is 32.0 Å². The first-order valence-electron chi connectivity index (χ1n) is 6.76. The predicted molar refractivity (Wildman–Crippen MR) is 80.5 cm³/mol. The van der Waals surface area contributed by atoms with Crippen molar-refractivity contribution in [3.63, 3.8) is 0 Å². The molecule has 1 aromatic rings. The Labute approximate surface area is 120 Å². The van der Waals surface area contributed by atoms with Crippen LogP contribution >= 0.6 is 0 Å². The van der Waals surface area contributed by atoms with Crippen molar-refractivity contribution in [3.05, 3.63) is 29.8 Å². The Kier molecular flexibility index (Phi) is 6.18. The third kappa shape index (κ3) is 4.66. The lowest BCUT2D eigenvalue weighted by Gasteiger charge is -2.22. The lowest BCUT2D eigenvalue weighted by atomic mass is 10.0. The molecule has 2 amide bonds. The van der Waals surface area contributed by atoms with E-state index in [0.29, 0.717) is 0 Å². The smallest absolute Gasteiger partial charge is 0.247 e. The van der Waals surface area contributed by atoms with E-state index in [-0.39, 0.29) is 24.3 Å². The van der Waals surface area contributed by atoms with E-state index in [0.717, 1.165) is 11.3 Å². The molecule has 110 valence electrons. The second-order valence-electron chi connectivity index (χ2n) is 5.12. The maximum absolute atomic E-state index is 12.3. The van der Waals surface area contributed by atoms with Crippen LogP contribution in [0.5, 0.6) is 0 Å². The van der Waals surface area contributed by atoms with Crippen LogP contribution in [0.4, 0.5) is 5.69 Å². The van der Waals surface area contributed by atoms with Crippen LogP contribution in [0.1, 0.15) is 19.4 Å². The van der Waals surface area contributed by atoms with Crippen molar-refractivity contribution in [2.24, 2.45) is 5.92 Å². The van der Waals surface area contributed by atoms with Crippen LogP contribution in [0.2, 0.25) is 0 Å². The first-order valence-corrected chi connectivity index (χ1v) is 6.76. The van der Waals surface area contributed by atoms with Gasteiger partial charge in [-0.2, -0.15) is 0 Å². The topological polar surface area (TPSA) is 70.2 Å². The highest BCUT2D eigenvalue weighted by atomic mass is 16.2. The van der Waals surface area contributed by atoms with Gasteiger partial charge in [0, 0.05) is 5.69 Å². The summed E-state index contributed by atoms with van der Waals surface area (Å²) < 4.78 is 0. The molecule has 3 N–H and O–H groups in total. The van der Waals surface area contributed by atoms with Crippen LogP contribution in [0.3, 0.4) is 0 Å². The van der Waals surface area contributed by atoms with Gasteiger partial charge >= 0.3 is 0 Å². The van der Waals surface area contributed by atoms with Crippen molar-refractivity contribution in [3.8, 4) is 0 Å². The van der Waals surface area contributed by atoms with Crippen LogP contribution in [0.15, 0.2) is 24.3 Å². The van der Waals surface area contributed by atoms with Crippen LogP contribution < -0.4 is 16.0 Å². The molecule has 1 atom stereocenters. The Bertz CT molecular complexity index is 472. The van der Waals surface area contributed by atoms with Crippen molar-refractivity contribution in [1.29, 1.82) is 0 Å². The number of hydrogen-bond acceptors (Lipinski definition) is 3. The molecule has 0 fully saturated rings. The maximum atomic E-state index is 12.3. The normalized spacial score (nSPS) is 12.1. The third-order valence-corrected chi connectivity index (χ3v) is 3.01. The van der Waals surface area contributed by atoms with Gasteiger partial charge in [0.25, 0.3) is 0 Å². The summed E-state index contributed by atoms with van der Waals surface area (Å²) in [7, 11) is 1.69. The maximum Gasteiger partial charge on any atom is 0.247 e. The number of nitrogens with one attached hydrogen (secondary N) is 3. The van der Waals surface area contributed by atoms with Gasteiger partial charge in [0.15, 0.2) is 0 Å². The molecular formula is C15H23N3O2. The van der Waals surface area contributed by atoms with Crippen molar-refractivity contribution in [2.45, 2.75) is 26.8 Å². The third-order valence-electron chi connectivity index (χ3n) is 3.01. The number of carbonyl (C=O) groups excluding carboxylic acids is 2. The van der Waals surface area contributed by atoms with Crippen molar-refractivity contribution < 1.29 is 9.59 Å². The van der Waals surface area contributed by atoms with Gasteiger partial charge in [-0.15, -0.1) is 0 Å². The molecule has 0 radical (unpaired) electrons. The molecule has 1 aromatic carbocycles. The van der Waals surface area contributed by atoms with Gasteiger partial charge in [0.2, 0.25) is 11.8 Å². The minimum atomic E-state index is -0.546. The van der Waals surface area contributed by atoms with Crippen LogP contribution in [-0.4, -0.2) is 31.4 Å². The molecule has 0 aliphatic rings. The molecule has 0 aliphatic heterocycles. The average molecular weight is 277 g/mol. The molecule has 5 heteroatoms. The monoisotopic (exact) mass is 277 g/mol. The summed E-state index contributed by atoms with van der Waals surface area (Å²) in [5.41, 5.74) is 1.76. The molecular weight excluding hydrogens is 254 g/mol. The van der Waals surface area contributed by atoms with Crippen molar-refractivity contribution in [1.82, 2.24) is 10.6 Å². The highest BCUT2D eigenvalue weighted by Gasteiger charge is 2.24. The summed E-state index contributed by atoms with van der Waals surface area (Å²) >= 11 is 0. The first-order chi connectivity index (χ1) is 9.45. The molecule has 0 aliphatic carbocycles. The minimum Gasteiger partial charge on any atom is -0.343 e. The minimum absolute atomic E-state index is 0.0137. The SMILES string of the molecule is CNCC(=O)NC(C(=O)Nc1ccccc1C)C(C)C. The lowest BCUT2D eigenvalue weighted by molar-refractivity contribution is -0.126. The van der Waals surface area contributed by atoms with E-state index in [1.165, 1.54) is 0 Å². The fourth-order valence-corrected chi connectivity index (χ4v) is 1.84. The molecule has 0 heterocycles. The van der Waals surface area contributed by atoms with E-state index in [1.54, 1.807) is 7.05 Å². The number of carbonyl (C=O) groups is 2. The summed E-state index contributed by atoms with van der Waals surface area (Å²) in [5, 5.41) is 8.37. The average Bonchev–Trinajstić information content (AvgIpc) is 2.38. The zero-order valence-electron chi connectivity index (χ0n) is 12.5. The summed E-state index contributed by atoms with van der Waals surface area (Å²) in [6, 6.07) is 7.02. The van der Waals surface area contributed by atoms with Crippen molar-refractivity contribution in [2.75, 3.05) is 18.9 Å². The predicted octanol–water partition coefficient (Wildman–Crippen LogP) is 1.29. The highest BCUT2D eigenvalue weighted by Crippen LogP contribution is 2.14. The van der Waals surface area contributed by atoms with E-state index in [1.807, 2.05) is 45.0 Å². The number of likely N-dealkylation sites (N-methyl/N-ethyl adjacent to an activating group) is 1. The quantitative estimate of drug-likeness (QED) is 0.734. The second-order valence-corrected chi connectivity index (χ2v) is 5.12. The van der Waals surface area contributed by atoms with E-state index in [4.69, 9.17) is 0 Å². The number of amides is 2. The fourth-order valence-electron chi connectivity index (χ4n) is 1.84. The standard InChI is InChI=1S/C15H23N3O2/c1-10(2)14(18-13(19)9-16-4)15(20)17-12-8-6-5-7-11(12)3/h5-8,10,14,16H,9H2,1-4H3,(H,17,20)(H,18,19). The number of rotatable bonds is 6. The van der Waals surface area contributed by atoms with E-state index < -0.39 is 6.04 Å². The van der Waals surface area contributed by atoms with Crippen LogP contribution in [-0.2, 0) is 9.59 Å². The number of benzene rings is 1. The zero-order chi connectivity index (χ0) is 15.1. The first kappa shape index (κ1) is 16.2. The summed E-state index contributed by atoms with van der Waals surface area (Å²) in [5.74, 6) is -0.371. The molecule has 1 unspecified atom stereocenters. The molecule has 0 spiro atoms. The van der Waals surface area contributed by atoms with Gasteiger partial charge in [-0.3, -0.25) is 9.59 Å². The largest absolute Gasteiger partial charge is 0.343 e. The molecule has 0 aromatic heterocycles. The van der Waals surface area contributed by atoms with Crippen molar-refractivity contribution >= 4 is 17.5 Å². The van der Waals surface area contributed by atoms with Gasteiger partial charge in [-0.05, 0) is 31.5 Å². The Balaban J connectivity index is 2.75. The molecule has 5 nitrogen and oxygen atoms in total. The lowest BCUT2D eigenvalue weighted by Crippen LogP contribution is -2.49. The summed E-state index contributed by atoms with van der Waals surface area (Å²) in [6.07, 6.45) is 0. The Morgan fingerprint density at radius 3 is 2.40 bits per heavy atom. The van der Waals surface area contributed by atoms with Crippen LogP contribution in [0.25, 0.3) is 0 Å². The zero-order valence-corrected chi connectivity index (χ0v) is 12.5. The fraction of sp³-hybridized carbons (Fsp3) is 0.467. The Morgan fingerprint density at radius 1 is 1.20 bits per heavy atom. The van der Waals surface area contributed by atoms with Gasteiger partial charge in [0.1, 0.15) is 6.04 Å².